The van der Waals surface area contributed by atoms with Gasteiger partial charge in [0.2, 0.25) is 0 Å². The highest BCUT2D eigenvalue weighted by atomic mass is 32.2. The van der Waals surface area contributed by atoms with Crippen LogP contribution in [0.1, 0.15) is 18.2 Å². The first-order valence-electron chi connectivity index (χ1n) is 6.44. The maximum atomic E-state index is 12.8. The Bertz CT molecular complexity index is 736. The molecule has 20 heavy (non-hydrogen) atoms. The Balaban J connectivity index is 2.07. The topological polar surface area (TPSA) is 73.4 Å². The van der Waals surface area contributed by atoms with Crippen LogP contribution in [0.5, 0.6) is 0 Å². The van der Waals surface area contributed by atoms with Gasteiger partial charge < -0.3 is 10.1 Å². The lowest BCUT2D eigenvalue weighted by atomic mass is 10.1. The van der Waals surface area contributed by atoms with Crippen LogP contribution in [-0.4, -0.2) is 24.6 Å². The molecule has 0 radical (unpaired) electrons. The van der Waals surface area contributed by atoms with Gasteiger partial charge in [-0.15, -0.1) is 0 Å². The van der Waals surface area contributed by atoms with Gasteiger partial charge in [0, 0.05) is 17.9 Å². The average Bonchev–Trinajstić information content (AvgIpc) is 3.01. The van der Waals surface area contributed by atoms with Crippen molar-refractivity contribution < 1.29 is 13.5 Å². The van der Waals surface area contributed by atoms with Gasteiger partial charge in [0.15, 0.2) is 0 Å². The number of anilines is 1. The number of para-hydroxylation sites is 1. The summed E-state index contributed by atoms with van der Waals surface area (Å²) in [6.45, 7) is 1.69. The molecule has 0 saturated heterocycles. The molecule has 0 aliphatic carbocycles. The fourth-order valence-corrected chi connectivity index (χ4v) is 4.39. The van der Waals surface area contributed by atoms with Crippen LogP contribution in [0.25, 0.3) is 0 Å². The number of aliphatic hydroxyl groups is 1. The van der Waals surface area contributed by atoms with Gasteiger partial charge in [-0.1, -0.05) is 18.2 Å². The molecule has 1 aliphatic heterocycles. The second-order valence-electron chi connectivity index (χ2n) is 5.00. The monoisotopic (exact) mass is 292 g/mol. The lowest BCUT2D eigenvalue weighted by Gasteiger charge is -2.23. The summed E-state index contributed by atoms with van der Waals surface area (Å²) < 4.78 is 27.0. The van der Waals surface area contributed by atoms with E-state index in [1.54, 1.807) is 0 Å². The van der Waals surface area contributed by atoms with Crippen LogP contribution in [0.3, 0.4) is 0 Å². The van der Waals surface area contributed by atoms with Gasteiger partial charge >= 0.3 is 0 Å². The smallest absolute Gasteiger partial charge is 0.266 e. The summed E-state index contributed by atoms with van der Waals surface area (Å²) in [5.74, 6) is 0. The van der Waals surface area contributed by atoms with Crippen molar-refractivity contribution in [3.63, 3.8) is 0 Å². The molecule has 2 heterocycles. The Morgan fingerprint density at radius 2 is 2.15 bits per heavy atom. The summed E-state index contributed by atoms with van der Waals surface area (Å²) >= 11 is 0. The number of nitrogens with one attached hydrogen (secondary N) is 1. The minimum absolute atomic E-state index is 0.107. The molecule has 2 aromatic rings. The predicted molar refractivity (Wildman–Crippen MR) is 76.0 cm³/mol. The predicted octanol–water partition coefficient (Wildman–Crippen LogP) is 1.65. The molecule has 6 heteroatoms. The van der Waals surface area contributed by atoms with Crippen LogP contribution in [0.4, 0.5) is 5.69 Å². The molecule has 1 aromatic carbocycles. The molecule has 2 N–H and O–H groups in total. The van der Waals surface area contributed by atoms with Gasteiger partial charge in [0.1, 0.15) is 4.90 Å². The highest BCUT2D eigenvalue weighted by Gasteiger charge is 2.36. The van der Waals surface area contributed by atoms with E-state index in [0.717, 1.165) is 11.3 Å². The van der Waals surface area contributed by atoms with Crippen LogP contribution in [0, 0.1) is 0 Å². The molecule has 0 saturated carbocycles. The second kappa shape index (κ2) is 4.64. The quantitative estimate of drug-likeness (QED) is 0.903. The van der Waals surface area contributed by atoms with Crippen LogP contribution < -0.4 is 4.31 Å². The van der Waals surface area contributed by atoms with E-state index in [-0.39, 0.29) is 17.5 Å². The van der Waals surface area contributed by atoms with Crippen molar-refractivity contribution in [3.05, 3.63) is 47.8 Å². The van der Waals surface area contributed by atoms with E-state index in [2.05, 4.69) is 4.98 Å². The van der Waals surface area contributed by atoms with Crippen molar-refractivity contribution in [2.75, 3.05) is 4.31 Å². The molecule has 1 atom stereocenters. The van der Waals surface area contributed by atoms with Crippen molar-refractivity contribution in [1.29, 1.82) is 0 Å². The van der Waals surface area contributed by atoms with Crippen molar-refractivity contribution in [1.82, 2.24) is 4.98 Å². The molecule has 1 unspecified atom stereocenters. The van der Waals surface area contributed by atoms with Crippen LogP contribution >= 0.6 is 0 Å². The van der Waals surface area contributed by atoms with E-state index >= 15 is 0 Å². The molecule has 106 valence electrons. The van der Waals surface area contributed by atoms with Gasteiger partial charge in [0.25, 0.3) is 10.0 Å². The number of H-pyrrole nitrogens is 1. The van der Waals surface area contributed by atoms with Crippen molar-refractivity contribution in [2.24, 2.45) is 0 Å². The molecule has 0 bridgehead atoms. The number of sulfonamides is 1. The Morgan fingerprint density at radius 3 is 2.85 bits per heavy atom. The first kappa shape index (κ1) is 13.2. The highest BCUT2D eigenvalue weighted by molar-refractivity contribution is 7.92. The zero-order valence-corrected chi connectivity index (χ0v) is 11.9. The molecule has 0 spiro atoms. The van der Waals surface area contributed by atoms with E-state index < -0.39 is 10.0 Å². The Hall–Kier alpha value is -1.79. The van der Waals surface area contributed by atoms with Crippen LogP contribution in [-0.2, 0) is 23.1 Å². The number of fused-ring (bicyclic) bond motifs is 1. The first-order chi connectivity index (χ1) is 9.54. The molecule has 1 aliphatic rings. The number of aliphatic hydroxyl groups excluding tert-OH is 1. The molecule has 1 aromatic heterocycles. The van der Waals surface area contributed by atoms with Gasteiger partial charge in [-0.2, -0.15) is 0 Å². The van der Waals surface area contributed by atoms with Gasteiger partial charge in [-0.25, -0.2) is 8.42 Å². The van der Waals surface area contributed by atoms with E-state index in [1.807, 2.05) is 31.2 Å². The summed E-state index contributed by atoms with van der Waals surface area (Å²) in [5, 5.41) is 9.05. The number of aromatic amines is 1. The maximum Gasteiger partial charge on any atom is 0.266 e. The van der Waals surface area contributed by atoms with Crippen LogP contribution in [0.2, 0.25) is 0 Å². The number of benzene rings is 1. The van der Waals surface area contributed by atoms with Gasteiger partial charge in [0.05, 0.1) is 12.3 Å². The third kappa shape index (κ3) is 1.92. The lowest BCUT2D eigenvalue weighted by Crippen LogP contribution is -2.35. The fraction of sp³-hybridized carbons (Fsp3) is 0.286. The number of hydrogen-bond acceptors (Lipinski definition) is 3. The summed E-state index contributed by atoms with van der Waals surface area (Å²) in [6, 6.07) is 8.92. The first-order valence-corrected chi connectivity index (χ1v) is 7.88. The zero-order valence-electron chi connectivity index (χ0n) is 11.1. The maximum absolute atomic E-state index is 12.8. The van der Waals surface area contributed by atoms with Gasteiger partial charge in [-0.3, -0.25) is 4.31 Å². The second-order valence-corrected chi connectivity index (χ2v) is 6.82. The lowest BCUT2D eigenvalue weighted by molar-refractivity contribution is 0.277. The third-order valence-electron chi connectivity index (χ3n) is 3.59. The zero-order chi connectivity index (χ0) is 14.3. The number of rotatable bonds is 3. The summed E-state index contributed by atoms with van der Waals surface area (Å²) in [6.07, 6.45) is 2.14. The Morgan fingerprint density at radius 1 is 1.40 bits per heavy atom. The molecule has 3 rings (SSSR count). The standard InChI is InChI=1S/C14H16N2O3S/c1-10-6-11-4-2-3-5-14(11)16(10)20(18,19)13-7-12(9-17)15-8-13/h2-5,7-8,10,15,17H,6,9H2,1H3. The minimum Gasteiger partial charge on any atom is -0.390 e. The third-order valence-corrected chi connectivity index (χ3v) is 5.49. The number of aromatic nitrogens is 1. The Labute approximate surface area is 117 Å². The summed E-state index contributed by atoms with van der Waals surface area (Å²) in [4.78, 5) is 2.95. The van der Waals surface area contributed by atoms with Gasteiger partial charge in [-0.05, 0) is 31.0 Å². The minimum atomic E-state index is -3.60. The number of nitrogens with zero attached hydrogens (tertiary/aromatic N) is 1. The number of hydrogen-bond donors (Lipinski definition) is 2. The fourth-order valence-electron chi connectivity index (χ4n) is 2.68. The van der Waals surface area contributed by atoms with E-state index in [1.165, 1.54) is 16.6 Å². The highest BCUT2D eigenvalue weighted by Crippen LogP contribution is 2.36. The average molecular weight is 292 g/mol. The molecular weight excluding hydrogens is 276 g/mol. The van der Waals surface area contributed by atoms with Crippen LogP contribution in [0.15, 0.2) is 41.4 Å². The Kier molecular flexibility index (Phi) is 3.07. The van der Waals surface area contributed by atoms with E-state index in [0.29, 0.717) is 12.1 Å². The molecule has 0 amide bonds. The van der Waals surface area contributed by atoms with E-state index in [4.69, 9.17) is 5.11 Å². The SMILES string of the molecule is CC1Cc2ccccc2N1S(=O)(=O)c1c[nH]c(CO)c1. The molecular formula is C14H16N2O3S. The van der Waals surface area contributed by atoms with Crippen molar-refractivity contribution >= 4 is 15.7 Å². The largest absolute Gasteiger partial charge is 0.390 e. The molecule has 5 nitrogen and oxygen atoms in total. The summed E-state index contributed by atoms with van der Waals surface area (Å²) in [7, 11) is -3.60. The normalized spacial score (nSPS) is 18.3. The molecule has 0 fully saturated rings. The van der Waals surface area contributed by atoms with Crippen molar-refractivity contribution in [2.45, 2.75) is 30.9 Å². The summed E-state index contributed by atoms with van der Waals surface area (Å²) in [5.41, 5.74) is 2.27. The van der Waals surface area contributed by atoms with E-state index in [9.17, 15) is 8.42 Å². The van der Waals surface area contributed by atoms with Crippen molar-refractivity contribution in [3.8, 4) is 0 Å².